The highest BCUT2D eigenvalue weighted by Gasteiger charge is 2.34. The molecule has 15 heterocycles. The minimum absolute atomic E-state index is 0.0637. The molecule has 3 N–H and O–H groups in total. The van der Waals surface area contributed by atoms with Crippen molar-refractivity contribution in [3.05, 3.63) is 180 Å². The highest BCUT2D eigenvalue weighted by molar-refractivity contribution is 5.76. The molecule has 84 heavy (non-hydrogen) atoms. The number of aromatic nitrogens is 12. The third-order valence-corrected chi connectivity index (χ3v) is 15.0. The van der Waals surface area contributed by atoms with Gasteiger partial charge in [0, 0.05) is 115 Å². The topological polar surface area (TPSA) is 175 Å². The lowest BCUT2D eigenvalue weighted by atomic mass is 9.98. The molecule has 6 aliphatic heterocycles. The summed E-state index contributed by atoms with van der Waals surface area (Å²) in [6.45, 7) is 16.3. The number of halogens is 3. The molecule has 432 valence electrons. The number of nitrogens with zero attached hydrogens (tertiary/aromatic N) is 15. The molecule has 0 aromatic carbocycles. The maximum absolute atomic E-state index is 14.4. The van der Waals surface area contributed by atoms with E-state index < -0.39 is 111 Å². The van der Waals surface area contributed by atoms with Crippen LogP contribution in [0.4, 0.5) is 30.6 Å². The third kappa shape index (κ3) is 10.6. The molecule has 6 bridgehead atoms. The van der Waals surface area contributed by atoms with Gasteiger partial charge in [0.15, 0.2) is 16.9 Å². The molecular weight excluding hydrogens is 1070 g/mol. The van der Waals surface area contributed by atoms with Crippen LogP contribution in [-0.4, -0.2) is 96.5 Å². The van der Waals surface area contributed by atoms with E-state index >= 15 is 0 Å². The molecule has 9 aromatic rings. The Labute approximate surface area is 511 Å². The molecule has 21 heteroatoms. The van der Waals surface area contributed by atoms with E-state index in [0.29, 0.717) is 68.2 Å². The van der Waals surface area contributed by atoms with Crippen molar-refractivity contribution in [2.45, 2.75) is 134 Å². The molecule has 0 radical (unpaired) electrons. The van der Waals surface area contributed by atoms with Crippen LogP contribution in [0.5, 0.6) is 0 Å². The van der Waals surface area contributed by atoms with E-state index in [-0.39, 0.29) is 72.7 Å². The largest absolute Gasteiger partial charge is 0.382 e. The smallest absolute Gasteiger partial charge is 0.166 e. The maximum Gasteiger partial charge on any atom is 0.166 e. The average molecular weight is 1150 g/mol. The van der Waals surface area contributed by atoms with Crippen LogP contribution < -0.4 is 30.7 Å². The van der Waals surface area contributed by atoms with Gasteiger partial charge in [0.05, 0.1) is 72.0 Å². The van der Waals surface area contributed by atoms with Crippen LogP contribution in [-0.2, 0) is 19.1 Å². The summed E-state index contributed by atoms with van der Waals surface area (Å²) in [6.07, 6.45) is -8.52. The predicted octanol–water partition coefficient (Wildman–Crippen LogP) is 10.5. The number of nitrogens with one attached hydrogen (secondary N) is 3. The zero-order valence-electron chi connectivity index (χ0n) is 63.8. The van der Waals surface area contributed by atoms with Crippen molar-refractivity contribution in [3.8, 4) is 0 Å². The molecule has 1 unspecified atom stereocenters. The lowest BCUT2D eigenvalue weighted by molar-refractivity contribution is 0.574. The number of hydrogen-bond acceptors (Lipinski definition) is 15. The molecule has 0 spiro atoms. The van der Waals surface area contributed by atoms with Crippen LogP contribution in [0.25, 0.3) is 34.0 Å². The monoisotopic (exact) mass is 1150 g/mol. The van der Waals surface area contributed by atoms with Crippen LogP contribution in [0.3, 0.4) is 0 Å². The Bertz CT molecular complexity index is 4400. The number of aryl methyl sites for hydroxylation is 3. The summed E-state index contributed by atoms with van der Waals surface area (Å²) < 4.78 is 203. The van der Waals surface area contributed by atoms with Gasteiger partial charge in [-0.3, -0.25) is 15.0 Å². The molecule has 6 aliphatic rings. The van der Waals surface area contributed by atoms with Crippen LogP contribution >= 0.6 is 0 Å². The lowest BCUT2D eigenvalue weighted by Crippen LogP contribution is -2.26. The van der Waals surface area contributed by atoms with Crippen molar-refractivity contribution < 1.29 is 37.8 Å². The molecule has 18 nitrogen and oxygen atoms in total. The van der Waals surface area contributed by atoms with E-state index in [1.54, 1.807) is 51.5 Å². The van der Waals surface area contributed by atoms with Crippen LogP contribution in [0, 0.1) is 17.5 Å². The first-order valence-electron chi connectivity index (χ1n) is 36.1. The Kier molecular flexibility index (Phi) is 10.1. The minimum Gasteiger partial charge on any atom is -0.382 e. The minimum atomic E-state index is -2.65. The molecule has 15 rings (SSSR count). The maximum atomic E-state index is 14.4. The van der Waals surface area contributed by atoms with E-state index in [0.717, 1.165) is 36.8 Å². The summed E-state index contributed by atoms with van der Waals surface area (Å²) in [7, 11) is 0. The van der Waals surface area contributed by atoms with Gasteiger partial charge in [-0.05, 0) is 150 Å². The first kappa shape index (κ1) is 37.3. The molecule has 3 fully saturated rings. The SMILES string of the molecule is [2H]C1([2H])CC2c3cc(F)cnc3C([2H])([2H])C([2H])([2H])[C@@H](C)NC(=C)c3cnn4ccc(nc34)N2C1.[2H]C1([2H])C[C@@H]2c3cc(F)cnc3C([2H])([2H])C([2H])([2H])[C@@H](C)NC(=C)c3cnn4ccc(nc34)N2C1.[2H]C1([2H])C[C@H]2c3cc(F)cnc3C([2H])([2H])C([2H])([2H])[C@@H](C)NC(=C)c3cnn4ccc(nc34)N2C1. The number of anilines is 3. The zero-order valence-corrected chi connectivity index (χ0v) is 45.8. The van der Waals surface area contributed by atoms with E-state index in [4.69, 9.17) is 24.7 Å². The van der Waals surface area contributed by atoms with Gasteiger partial charge < -0.3 is 30.7 Å². The molecule has 6 atom stereocenters. The van der Waals surface area contributed by atoms with Crippen molar-refractivity contribution >= 4 is 51.5 Å². The highest BCUT2D eigenvalue weighted by atomic mass is 19.1. The van der Waals surface area contributed by atoms with E-state index in [1.165, 1.54) is 52.9 Å². The van der Waals surface area contributed by atoms with Crippen molar-refractivity contribution in [2.24, 2.45) is 0 Å². The lowest BCUT2D eigenvalue weighted by Gasteiger charge is -2.27. The Balaban J connectivity index is 0.000000137. The Morgan fingerprint density at radius 2 is 0.762 bits per heavy atom. The van der Waals surface area contributed by atoms with Crippen molar-refractivity contribution in [3.63, 3.8) is 0 Å². The predicted molar refractivity (Wildman–Crippen MR) is 319 cm³/mol. The summed E-state index contributed by atoms with van der Waals surface area (Å²) in [4.78, 5) is 31.1. The number of hydrogen-bond donors (Lipinski definition) is 3. The van der Waals surface area contributed by atoms with Gasteiger partial charge in [0.25, 0.3) is 0 Å². The van der Waals surface area contributed by atoms with Crippen LogP contribution in [0.2, 0.25) is 0 Å². The first-order chi connectivity index (χ1) is 47.4. The molecule has 9 aromatic heterocycles. The van der Waals surface area contributed by atoms with E-state index in [2.05, 4.69) is 80.9 Å². The Morgan fingerprint density at radius 3 is 1.06 bits per heavy atom. The molecule has 0 aliphatic carbocycles. The molecule has 3 saturated heterocycles. The van der Waals surface area contributed by atoms with Crippen LogP contribution in [0.15, 0.2) is 112 Å². The quantitative estimate of drug-likeness (QED) is 0.131. The van der Waals surface area contributed by atoms with E-state index in [1.807, 2.05) is 0 Å². The van der Waals surface area contributed by atoms with Gasteiger partial charge in [0.2, 0.25) is 0 Å². The highest BCUT2D eigenvalue weighted by Crippen LogP contribution is 2.41. The second-order valence-electron chi connectivity index (χ2n) is 20.7. The number of fused-ring (bicyclic) bond motifs is 15. The zero-order chi connectivity index (χ0) is 73.9. The van der Waals surface area contributed by atoms with Gasteiger partial charge in [0.1, 0.15) is 34.9 Å². The first-order valence-corrected chi connectivity index (χ1v) is 27.1. The summed E-state index contributed by atoms with van der Waals surface area (Å²) in [5.74, 6) is -0.938. The standard InChI is InChI=1S/3C21H23FN6/c3*1-13-5-6-18-16(10-15(22)11-23-18)19-4-3-8-27(19)20-7-9-28-21(26-20)17(12-24-28)14(2)25-13/h3*7,9-13,19,25H,2-6,8H2,1H3/t13-,19?;13-,19+;13-,19-/m111/s1/i3*3D2,5D2,6D2. The number of rotatable bonds is 0. The van der Waals surface area contributed by atoms with Gasteiger partial charge in [-0.2, -0.15) is 15.3 Å². The van der Waals surface area contributed by atoms with E-state index in [9.17, 15) is 13.2 Å². The third-order valence-electron chi connectivity index (χ3n) is 15.0. The molecule has 0 amide bonds. The number of pyridine rings is 3. The van der Waals surface area contributed by atoms with Crippen LogP contribution in [0.1, 0.15) is 172 Å². The molecule has 0 saturated carbocycles. The van der Waals surface area contributed by atoms with Gasteiger partial charge in [-0.25, -0.2) is 41.7 Å². The van der Waals surface area contributed by atoms with Gasteiger partial charge in [-0.15, -0.1) is 0 Å². The average Bonchev–Trinajstić information content (AvgIpc) is 1.44. The fourth-order valence-electron chi connectivity index (χ4n) is 11.0. The van der Waals surface area contributed by atoms with Crippen molar-refractivity contribution in [1.82, 2.24) is 74.7 Å². The Morgan fingerprint density at radius 1 is 0.464 bits per heavy atom. The fourth-order valence-corrected chi connectivity index (χ4v) is 11.0. The van der Waals surface area contributed by atoms with Crippen molar-refractivity contribution in [1.29, 1.82) is 0 Å². The Hall–Kier alpha value is -8.88. The fraction of sp³-hybridized carbons (Fsp3) is 0.381. The molecular formula is C63H69F3N18. The van der Waals surface area contributed by atoms with Crippen molar-refractivity contribution in [2.75, 3.05) is 34.3 Å². The normalized spacial score (nSPS) is 30.8. The van der Waals surface area contributed by atoms with Gasteiger partial charge >= 0.3 is 0 Å². The summed E-state index contributed by atoms with van der Waals surface area (Å²) in [6, 6.07) is 2.70. The van der Waals surface area contributed by atoms with Gasteiger partial charge in [-0.1, -0.05) is 19.7 Å². The summed E-state index contributed by atoms with van der Waals surface area (Å²) >= 11 is 0. The summed E-state index contributed by atoms with van der Waals surface area (Å²) in [5.41, 5.74) is 3.20. The second kappa shape index (κ2) is 22.7. The second-order valence-corrected chi connectivity index (χ2v) is 20.7. The summed E-state index contributed by atoms with van der Waals surface area (Å²) in [5, 5.41) is 21.6.